The van der Waals surface area contributed by atoms with E-state index in [1.807, 2.05) is 36.5 Å². The second-order valence-corrected chi connectivity index (χ2v) is 4.34. The summed E-state index contributed by atoms with van der Waals surface area (Å²) in [5.74, 6) is -0.656. The highest BCUT2D eigenvalue weighted by molar-refractivity contribution is 5.85. The van der Waals surface area contributed by atoms with E-state index in [-0.39, 0.29) is 6.54 Å². The predicted octanol–water partition coefficient (Wildman–Crippen LogP) is 2.63. The number of carbonyl (C=O) groups is 1. The zero-order valence-electron chi connectivity index (χ0n) is 10.3. The molecule has 2 rings (SSSR count). The highest BCUT2D eigenvalue weighted by Crippen LogP contribution is 2.19. The fourth-order valence-electron chi connectivity index (χ4n) is 1.92. The maximum absolute atomic E-state index is 12.0. The highest BCUT2D eigenvalue weighted by atomic mass is 19.4. The van der Waals surface area contributed by atoms with Crippen molar-refractivity contribution in [2.24, 2.45) is 0 Å². The number of hydrogen-bond donors (Lipinski definition) is 1. The minimum absolute atomic E-state index is 0.122. The summed E-state index contributed by atoms with van der Waals surface area (Å²) in [6.07, 6.45) is -2.68. The number of benzene rings is 1. The largest absolute Gasteiger partial charge is 0.405 e. The summed E-state index contributed by atoms with van der Waals surface area (Å²) in [6, 6.07) is 7.47. The van der Waals surface area contributed by atoms with Gasteiger partial charge >= 0.3 is 6.18 Å². The van der Waals surface area contributed by atoms with Crippen LogP contribution in [0.4, 0.5) is 13.2 Å². The monoisotopic (exact) mass is 270 g/mol. The van der Waals surface area contributed by atoms with Crippen LogP contribution in [0.2, 0.25) is 0 Å². The number of aromatic nitrogens is 1. The normalized spacial score (nSPS) is 11.8. The van der Waals surface area contributed by atoms with Gasteiger partial charge in [0.2, 0.25) is 5.91 Å². The Kier molecular flexibility index (Phi) is 3.50. The van der Waals surface area contributed by atoms with Crippen molar-refractivity contribution in [2.75, 3.05) is 6.54 Å². The predicted molar refractivity (Wildman–Crippen MR) is 65.7 cm³/mol. The Morgan fingerprint density at radius 3 is 2.74 bits per heavy atom. The van der Waals surface area contributed by atoms with Gasteiger partial charge in [-0.05, 0) is 24.6 Å². The van der Waals surface area contributed by atoms with Gasteiger partial charge in [0.25, 0.3) is 0 Å². The molecule has 19 heavy (non-hydrogen) atoms. The lowest BCUT2D eigenvalue weighted by molar-refractivity contribution is -0.138. The number of aryl methyl sites for hydroxylation is 1. The van der Waals surface area contributed by atoms with Crippen LogP contribution in [-0.2, 0) is 11.3 Å². The van der Waals surface area contributed by atoms with Gasteiger partial charge in [-0.25, -0.2) is 0 Å². The van der Waals surface area contributed by atoms with Gasteiger partial charge in [-0.3, -0.25) is 4.79 Å². The molecule has 3 nitrogen and oxygen atoms in total. The van der Waals surface area contributed by atoms with Crippen molar-refractivity contribution in [3.8, 4) is 0 Å². The average molecular weight is 270 g/mol. The number of alkyl halides is 3. The minimum atomic E-state index is -4.38. The molecule has 0 aliphatic rings. The molecule has 1 N–H and O–H groups in total. The topological polar surface area (TPSA) is 34.0 Å². The van der Waals surface area contributed by atoms with Crippen LogP contribution >= 0.6 is 0 Å². The molecule has 2 aromatic rings. The number of hydrogen-bond acceptors (Lipinski definition) is 1. The van der Waals surface area contributed by atoms with Gasteiger partial charge in [0.05, 0.1) is 0 Å². The molecule has 1 aromatic heterocycles. The first kappa shape index (κ1) is 13.5. The van der Waals surface area contributed by atoms with E-state index >= 15 is 0 Å². The quantitative estimate of drug-likeness (QED) is 0.914. The number of rotatable bonds is 3. The maximum Gasteiger partial charge on any atom is 0.405 e. The van der Waals surface area contributed by atoms with Crippen LogP contribution in [0.1, 0.15) is 5.56 Å². The van der Waals surface area contributed by atoms with E-state index in [9.17, 15) is 18.0 Å². The van der Waals surface area contributed by atoms with Crippen molar-refractivity contribution in [3.63, 3.8) is 0 Å². The summed E-state index contributed by atoms with van der Waals surface area (Å²) in [7, 11) is 0. The van der Waals surface area contributed by atoms with E-state index in [1.165, 1.54) is 0 Å². The Balaban J connectivity index is 2.10. The van der Waals surface area contributed by atoms with Gasteiger partial charge in [0.15, 0.2) is 0 Å². The lowest BCUT2D eigenvalue weighted by atomic mass is 10.1. The summed E-state index contributed by atoms with van der Waals surface area (Å²) in [5.41, 5.74) is 1.90. The molecule has 0 saturated carbocycles. The average Bonchev–Trinajstić information content (AvgIpc) is 2.71. The van der Waals surface area contributed by atoms with Crippen LogP contribution < -0.4 is 5.32 Å². The van der Waals surface area contributed by atoms with Crippen LogP contribution in [0.3, 0.4) is 0 Å². The Labute approximate surface area is 108 Å². The van der Waals surface area contributed by atoms with Crippen LogP contribution in [0.15, 0.2) is 30.5 Å². The van der Waals surface area contributed by atoms with Crippen LogP contribution in [0, 0.1) is 6.92 Å². The molecule has 0 spiro atoms. The summed E-state index contributed by atoms with van der Waals surface area (Å²) >= 11 is 0. The second-order valence-electron chi connectivity index (χ2n) is 4.34. The van der Waals surface area contributed by atoms with Gasteiger partial charge in [0.1, 0.15) is 13.1 Å². The minimum Gasteiger partial charge on any atom is -0.345 e. The number of fused-ring (bicyclic) bond motifs is 1. The molecule has 0 bridgehead atoms. The van der Waals surface area contributed by atoms with Gasteiger partial charge in [-0.1, -0.05) is 12.1 Å². The first-order valence-corrected chi connectivity index (χ1v) is 5.75. The second kappa shape index (κ2) is 4.95. The van der Waals surface area contributed by atoms with E-state index in [4.69, 9.17) is 0 Å². The van der Waals surface area contributed by atoms with E-state index in [0.29, 0.717) is 0 Å². The number of carbonyl (C=O) groups excluding carboxylic acids is 1. The summed E-state index contributed by atoms with van der Waals surface area (Å²) in [6.45, 7) is 0.517. The molecule has 1 aromatic carbocycles. The SMILES string of the molecule is Cc1cccc2c1ccn2CC(=O)NCC(F)(F)F. The molecular formula is C13H13F3N2O. The Hall–Kier alpha value is -1.98. The molecule has 0 saturated heterocycles. The number of amides is 1. The van der Waals surface area contributed by atoms with Crippen LogP contribution in [0.5, 0.6) is 0 Å². The standard InChI is InChI=1S/C13H13F3N2O/c1-9-3-2-4-11-10(9)5-6-18(11)7-12(19)17-8-13(14,15)16/h2-6H,7-8H2,1H3,(H,17,19). The van der Waals surface area contributed by atoms with E-state index < -0.39 is 18.6 Å². The fraction of sp³-hybridized carbons (Fsp3) is 0.308. The van der Waals surface area contributed by atoms with E-state index in [1.54, 1.807) is 10.8 Å². The first-order valence-electron chi connectivity index (χ1n) is 5.75. The van der Waals surface area contributed by atoms with Crippen molar-refractivity contribution < 1.29 is 18.0 Å². The summed E-state index contributed by atoms with van der Waals surface area (Å²) in [4.78, 5) is 11.5. The van der Waals surface area contributed by atoms with Gasteiger partial charge in [-0.2, -0.15) is 13.2 Å². The Bertz CT molecular complexity index is 601. The number of nitrogens with one attached hydrogen (secondary N) is 1. The molecule has 0 fully saturated rings. The van der Waals surface area contributed by atoms with Crippen molar-refractivity contribution >= 4 is 16.8 Å². The molecule has 1 heterocycles. The zero-order valence-corrected chi connectivity index (χ0v) is 10.3. The van der Waals surface area contributed by atoms with E-state index in [0.717, 1.165) is 16.5 Å². The van der Waals surface area contributed by atoms with Crippen molar-refractivity contribution in [2.45, 2.75) is 19.6 Å². The van der Waals surface area contributed by atoms with Crippen molar-refractivity contribution in [1.82, 2.24) is 9.88 Å². The Morgan fingerprint density at radius 1 is 1.32 bits per heavy atom. The number of nitrogens with zero attached hydrogens (tertiary/aromatic N) is 1. The zero-order chi connectivity index (χ0) is 14.0. The molecule has 102 valence electrons. The van der Waals surface area contributed by atoms with Gasteiger partial charge in [0, 0.05) is 17.1 Å². The molecule has 0 radical (unpaired) electrons. The van der Waals surface area contributed by atoms with Crippen LogP contribution in [-0.4, -0.2) is 23.2 Å². The van der Waals surface area contributed by atoms with E-state index in [2.05, 4.69) is 0 Å². The third kappa shape index (κ3) is 3.27. The lowest BCUT2D eigenvalue weighted by Crippen LogP contribution is -2.35. The van der Waals surface area contributed by atoms with Crippen molar-refractivity contribution in [1.29, 1.82) is 0 Å². The van der Waals surface area contributed by atoms with Crippen LogP contribution in [0.25, 0.3) is 10.9 Å². The number of halogens is 3. The molecule has 0 unspecified atom stereocenters. The summed E-state index contributed by atoms with van der Waals surface area (Å²) in [5, 5.41) is 2.85. The molecular weight excluding hydrogens is 257 g/mol. The highest BCUT2D eigenvalue weighted by Gasteiger charge is 2.27. The molecule has 1 amide bonds. The third-order valence-corrected chi connectivity index (χ3v) is 2.83. The molecule has 0 atom stereocenters. The first-order chi connectivity index (χ1) is 8.87. The van der Waals surface area contributed by atoms with Gasteiger partial charge in [-0.15, -0.1) is 0 Å². The maximum atomic E-state index is 12.0. The molecule has 0 aliphatic heterocycles. The molecule has 6 heteroatoms. The summed E-state index contributed by atoms with van der Waals surface area (Å²) < 4.78 is 37.6. The fourth-order valence-corrected chi connectivity index (χ4v) is 1.92. The molecule has 0 aliphatic carbocycles. The lowest BCUT2D eigenvalue weighted by Gasteiger charge is -2.09. The van der Waals surface area contributed by atoms with Crippen molar-refractivity contribution in [3.05, 3.63) is 36.0 Å². The Morgan fingerprint density at radius 2 is 2.05 bits per heavy atom. The van der Waals surface area contributed by atoms with Gasteiger partial charge < -0.3 is 9.88 Å². The smallest absolute Gasteiger partial charge is 0.345 e. The third-order valence-electron chi connectivity index (χ3n) is 2.83.